The summed E-state index contributed by atoms with van der Waals surface area (Å²) in [5, 5.41) is 18.4. The summed E-state index contributed by atoms with van der Waals surface area (Å²) in [5.41, 5.74) is 3.85. The summed E-state index contributed by atoms with van der Waals surface area (Å²) in [6, 6.07) is 15.0. The van der Waals surface area contributed by atoms with Gasteiger partial charge in [-0.05, 0) is 66.4 Å². The van der Waals surface area contributed by atoms with E-state index in [1.165, 1.54) is 0 Å². The number of nitrogens with zero attached hydrogens (tertiary/aromatic N) is 2. The van der Waals surface area contributed by atoms with E-state index >= 15 is 0 Å². The highest BCUT2D eigenvalue weighted by molar-refractivity contribution is 6.30. The summed E-state index contributed by atoms with van der Waals surface area (Å²) in [7, 11) is 0. The van der Waals surface area contributed by atoms with Crippen LogP contribution < -0.4 is 4.74 Å². The molecule has 0 spiro atoms. The van der Waals surface area contributed by atoms with Crippen molar-refractivity contribution in [2.24, 2.45) is 0 Å². The molecular weight excluding hydrogens is 308 g/mol. The van der Waals surface area contributed by atoms with E-state index < -0.39 is 0 Å². The zero-order chi connectivity index (χ0) is 16.8. The molecule has 3 nitrogen and oxygen atoms in total. The number of allylic oxidation sites excluding steroid dienone is 1. The fourth-order valence-electron chi connectivity index (χ4n) is 2.29. The first kappa shape index (κ1) is 16.6. The molecule has 0 unspecified atom stereocenters. The van der Waals surface area contributed by atoms with E-state index in [2.05, 4.69) is 0 Å². The van der Waals surface area contributed by atoms with Crippen LogP contribution in [0.5, 0.6) is 5.75 Å². The van der Waals surface area contributed by atoms with Crippen LogP contribution in [-0.4, -0.2) is 0 Å². The molecule has 0 aliphatic rings. The van der Waals surface area contributed by atoms with E-state index in [1.54, 1.807) is 6.08 Å². The van der Waals surface area contributed by atoms with E-state index in [0.717, 1.165) is 28.0 Å². The maximum absolute atomic E-state index is 8.84. The van der Waals surface area contributed by atoms with Gasteiger partial charge in [0.1, 0.15) is 30.1 Å². The van der Waals surface area contributed by atoms with Gasteiger partial charge in [-0.15, -0.1) is 0 Å². The summed E-state index contributed by atoms with van der Waals surface area (Å²) in [4.78, 5) is 0. The van der Waals surface area contributed by atoms with E-state index in [1.807, 2.05) is 62.4 Å². The van der Waals surface area contributed by atoms with Gasteiger partial charge in [0.05, 0.1) is 0 Å². The second kappa shape index (κ2) is 7.49. The summed E-state index contributed by atoms with van der Waals surface area (Å²) in [6.07, 6.45) is 1.57. The minimum atomic E-state index is 0.0821. The second-order valence-corrected chi connectivity index (χ2v) is 5.62. The van der Waals surface area contributed by atoms with Crippen molar-refractivity contribution in [1.82, 2.24) is 0 Å². The van der Waals surface area contributed by atoms with Crippen LogP contribution in [0, 0.1) is 36.5 Å². The van der Waals surface area contributed by atoms with Crippen LogP contribution in [0.4, 0.5) is 0 Å². The van der Waals surface area contributed by atoms with Crippen LogP contribution in [0.3, 0.4) is 0 Å². The lowest BCUT2D eigenvalue weighted by atomic mass is 10.0. The molecule has 0 saturated heterocycles. The average Bonchev–Trinajstić information content (AvgIpc) is 2.53. The van der Waals surface area contributed by atoms with Gasteiger partial charge in [-0.1, -0.05) is 23.7 Å². The molecule has 0 N–H and O–H groups in total. The van der Waals surface area contributed by atoms with Crippen molar-refractivity contribution in [3.63, 3.8) is 0 Å². The smallest absolute Gasteiger partial charge is 0.130 e. The van der Waals surface area contributed by atoms with Crippen LogP contribution in [0.2, 0.25) is 5.02 Å². The maximum Gasteiger partial charge on any atom is 0.130 e. The van der Waals surface area contributed by atoms with Crippen LogP contribution in [-0.2, 0) is 6.61 Å². The van der Waals surface area contributed by atoms with Gasteiger partial charge in [-0.3, -0.25) is 0 Å². The topological polar surface area (TPSA) is 56.8 Å². The predicted octanol–water partition coefficient (Wildman–Crippen LogP) is 4.97. The molecule has 0 atom stereocenters. The molecule has 0 aliphatic carbocycles. The molecular formula is C19H15ClN2O. The highest BCUT2D eigenvalue weighted by Crippen LogP contribution is 2.27. The Morgan fingerprint density at radius 1 is 1.09 bits per heavy atom. The SMILES string of the molecule is Cc1cc(C=C(C#N)C#N)cc(C)c1OCc1ccc(Cl)cc1. The molecule has 0 aromatic heterocycles. The monoisotopic (exact) mass is 322 g/mol. The van der Waals surface area contributed by atoms with Gasteiger partial charge < -0.3 is 4.74 Å². The normalized spacial score (nSPS) is 9.61. The Morgan fingerprint density at radius 2 is 1.65 bits per heavy atom. The molecule has 0 bridgehead atoms. The van der Waals surface area contributed by atoms with Gasteiger partial charge >= 0.3 is 0 Å². The summed E-state index contributed by atoms with van der Waals surface area (Å²) in [5.74, 6) is 0.813. The van der Waals surface area contributed by atoms with Crippen molar-refractivity contribution in [2.75, 3.05) is 0 Å². The molecule has 4 heteroatoms. The summed E-state index contributed by atoms with van der Waals surface area (Å²) < 4.78 is 5.91. The molecule has 0 fully saturated rings. The van der Waals surface area contributed by atoms with Gasteiger partial charge in [0.25, 0.3) is 0 Å². The van der Waals surface area contributed by atoms with Gasteiger partial charge in [0.2, 0.25) is 0 Å². The fraction of sp³-hybridized carbons (Fsp3) is 0.158. The third-order valence-corrected chi connectivity index (χ3v) is 3.58. The van der Waals surface area contributed by atoms with Crippen LogP contribution >= 0.6 is 11.6 Å². The lowest BCUT2D eigenvalue weighted by Gasteiger charge is -2.13. The first-order valence-electron chi connectivity index (χ1n) is 7.04. The van der Waals surface area contributed by atoms with E-state index in [4.69, 9.17) is 26.9 Å². The Hall–Kier alpha value is -2.75. The molecule has 0 aliphatic heterocycles. The molecule has 0 saturated carbocycles. The Balaban J connectivity index is 2.21. The Labute approximate surface area is 141 Å². The summed E-state index contributed by atoms with van der Waals surface area (Å²) >= 11 is 5.87. The molecule has 0 heterocycles. The number of rotatable bonds is 4. The minimum Gasteiger partial charge on any atom is -0.488 e. The van der Waals surface area contributed by atoms with Crippen molar-refractivity contribution in [2.45, 2.75) is 20.5 Å². The van der Waals surface area contributed by atoms with Crippen molar-refractivity contribution in [3.05, 3.63) is 69.2 Å². The number of benzene rings is 2. The number of nitriles is 2. The van der Waals surface area contributed by atoms with Crippen molar-refractivity contribution in [1.29, 1.82) is 10.5 Å². The number of ether oxygens (including phenoxy) is 1. The van der Waals surface area contributed by atoms with E-state index in [-0.39, 0.29) is 5.57 Å². The minimum absolute atomic E-state index is 0.0821. The first-order valence-corrected chi connectivity index (χ1v) is 7.41. The van der Waals surface area contributed by atoms with Crippen LogP contribution in [0.1, 0.15) is 22.3 Å². The van der Waals surface area contributed by atoms with Crippen molar-refractivity contribution < 1.29 is 4.74 Å². The average molecular weight is 323 g/mol. The third kappa shape index (κ3) is 4.36. The van der Waals surface area contributed by atoms with E-state index in [0.29, 0.717) is 11.6 Å². The standard InChI is InChI=1S/C19H15ClN2O/c1-13-7-16(9-17(10-21)11-22)8-14(2)19(13)23-12-15-3-5-18(20)6-4-15/h3-9H,12H2,1-2H3. The lowest BCUT2D eigenvalue weighted by molar-refractivity contribution is 0.302. The molecule has 2 aromatic carbocycles. The quantitative estimate of drug-likeness (QED) is 0.747. The Morgan fingerprint density at radius 3 is 2.17 bits per heavy atom. The zero-order valence-corrected chi connectivity index (χ0v) is 13.7. The Bertz CT molecular complexity index is 785. The van der Waals surface area contributed by atoms with Crippen molar-refractivity contribution >= 4 is 17.7 Å². The van der Waals surface area contributed by atoms with Crippen LogP contribution in [0.25, 0.3) is 6.08 Å². The third-order valence-electron chi connectivity index (χ3n) is 3.33. The highest BCUT2D eigenvalue weighted by atomic mass is 35.5. The molecule has 2 rings (SSSR count). The van der Waals surface area contributed by atoms with Gasteiger partial charge in [-0.2, -0.15) is 10.5 Å². The van der Waals surface area contributed by atoms with E-state index in [9.17, 15) is 0 Å². The molecule has 0 amide bonds. The number of hydrogen-bond acceptors (Lipinski definition) is 3. The lowest BCUT2D eigenvalue weighted by Crippen LogP contribution is -1.99. The summed E-state index contributed by atoms with van der Waals surface area (Å²) in [6.45, 7) is 4.34. The maximum atomic E-state index is 8.84. The number of hydrogen-bond donors (Lipinski definition) is 0. The fourth-order valence-corrected chi connectivity index (χ4v) is 2.41. The Kier molecular flexibility index (Phi) is 5.41. The molecule has 2 aromatic rings. The first-order chi connectivity index (χ1) is 11.0. The predicted molar refractivity (Wildman–Crippen MR) is 90.9 cm³/mol. The molecule has 0 radical (unpaired) electrons. The zero-order valence-electron chi connectivity index (χ0n) is 12.9. The number of aryl methyl sites for hydroxylation is 2. The van der Waals surface area contributed by atoms with Gasteiger partial charge in [0.15, 0.2) is 0 Å². The molecule has 23 heavy (non-hydrogen) atoms. The molecule has 114 valence electrons. The number of halogens is 1. The largest absolute Gasteiger partial charge is 0.488 e. The second-order valence-electron chi connectivity index (χ2n) is 5.18. The highest BCUT2D eigenvalue weighted by Gasteiger charge is 2.07. The van der Waals surface area contributed by atoms with Gasteiger partial charge in [-0.25, -0.2) is 0 Å². The van der Waals surface area contributed by atoms with Gasteiger partial charge in [0, 0.05) is 5.02 Å². The van der Waals surface area contributed by atoms with Crippen molar-refractivity contribution in [3.8, 4) is 17.9 Å². The van der Waals surface area contributed by atoms with Crippen LogP contribution in [0.15, 0.2) is 42.0 Å².